The number of carbonyl (C=O) groups excluding carboxylic acids is 2. The first-order valence-electron chi connectivity index (χ1n) is 6.97. The second-order valence-corrected chi connectivity index (χ2v) is 6.98. The van der Waals surface area contributed by atoms with E-state index in [0.29, 0.717) is 5.56 Å². The van der Waals surface area contributed by atoms with E-state index in [-0.39, 0.29) is 23.5 Å². The van der Waals surface area contributed by atoms with Gasteiger partial charge in [-0.25, -0.2) is 4.79 Å². The van der Waals surface area contributed by atoms with Crippen LogP contribution >= 0.6 is 0 Å². The molecule has 0 atom stereocenters. The van der Waals surface area contributed by atoms with Crippen LogP contribution in [0, 0.1) is 5.41 Å². The van der Waals surface area contributed by atoms with E-state index in [1.165, 1.54) is 12.4 Å². The highest BCUT2D eigenvalue weighted by atomic mass is 16.5. The lowest BCUT2D eigenvalue weighted by atomic mass is 9.82. The third-order valence-corrected chi connectivity index (χ3v) is 2.70. The summed E-state index contributed by atoms with van der Waals surface area (Å²) in [6, 6.07) is 3.09. The van der Waals surface area contributed by atoms with Gasteiger partial charge >= 0.3 is 5.97 Å². The fraction of sp³-hybridized carbons (Fsp3) is 0.562. The molecule has 0 aromatic carbocycles. The van der Waals surface area contributed by atoms with Gasteiger partial charge in [-0.2, -0.15) is 0 Å². The lowest BCUT2D eigenvalue weighted by Gasteiger charge is -2.33. The maximum Gasteiger partial charge on any atom is 0.338 e. The van der Waals surface area contributed by atoms with Gasteiger partial charge in [0.1, 0.15) is 0 Å². The number of ether oxygens (including phenoxy) is 1. The minimum atomic E-state index is -0.527. The summed E-state index contributed by atoms with van der Waals surface area (Å²) < 4.78 is 4.99. The van der Waals surface area contributed by atoms with Crippen molar-refractivity contribution in [3.05, 3.63) is 30.1 Å². The summed E-state index contributed by atoms with van der Waals surface area (Å²) in [6.45, 7) is 9.98. The molecule has 5 heteroatoms. The molecule has 5 nitrogen and oxygen atoms in total. The lowest BCUT2D eigenvalue weighted by molar-refractivity contribution is -0.126. The average Bonchev–Trinajstić information content (AvgIpc) is 2.33. The molecule has 1 heterocycles. The van der Waals surface area contributed by atoms with Gasteiger partial charge in [-0.3, -0.25) is 9.78 Å². The van der Waals surface area contributed by atoms with E-state index in [2.05, 4.69) is 31.1 Å². The third-order valence-electron chi connectivity index (χ3n) is 2.70. The van der Waals surface area contributed by atoms with Crippen LogP contribution in [-0.4, -0.2) is 29.0 Å². The minimum absolute atomic E-state index is 0.102. The first kappa shape index (κ1) is 17.1. The van der Waals surface area contributed by atoms with Crippen LogP contribution in [0.4, 0.5) is 0 Å². The highest BCUT2D eigenvalue weighted by molar-refractivity contribution is 5.91. The largest absolute Gasteiger partial charge is 0.452 e. The van der Waals surface area contributed by atoms with Crippen LogP contribution in [0.3, 0.4) is 0 Å². The van der Waals surface area contributed by atoms with Gasteiger partial charge in [0.2, 0.25) is 0 Å². The average molecular weight is 292 g/mol. The molecule has 0 saturated carbocycles. The Labute approximate surface area is 126 Å². The number of esters is 1. The van der Waals surface area contributed by atoms with Crippen LogP contribution < -0.4 is 5.32 Å². The molecule has 0 spiro atoms. The van der Waals surface area contributed by atoms with Crippen molar-refractivity contribution in [1.29, 1.82) is 0 Å². The SMILES string of the molecule is CC(C)(C)CC(C)(C)NC(=O)COC(=O)c1ccncc1. The number of pyridine rings is 1. The molecule has 1 rings (SSSR count). The molecule has 0 aliphatic rings. The molecule has 0 fully saturated rings. The van der Waals surface area contributed by atoms with Crippen molar-refractivity contribution in [1.82, 2.24) is 10.3 Å². The standard InChI is InChI=1S/C16H24N2O3/c1-15(2,3)11-16(4,5)18-13(19)10-21-14(20)12-6-8-17-9-7-12/h6-9H,10-11H2,1-5H3,(H,18,19). The lowest BCUT2D eigenvalue weighted by Crippen LogP contribution is -2.47. The van der Waals surface area contributed by atoms with Gasteiger partial charge in [-0.05, 0) is 37.8 Å². The van der Waals surface area contributed by atoms with E-state index in [0.717, 1.165) is 6.42 Å². The van der Waals surface area contributed by atoms with E-state index in [1.54, 1.807) is 12.1 Å². The molecule has 1 N–H and O–H groups in total. The zero-order valence-electron chi connectivity index (χ0n) is 13.4. The quantitative estimate of drug-likeness (QED) is 0.847. The molecule has 0 saturated heterocycles. The second kappa shape index (κ2) is 6.70. The van der Waals surface area contributed by atoms with Crippen molar-refractivity contribution in [2.24, 2.45) is 5.41 Å². The molecule has 0 unspecified atom stereocenters. The van der Waals surface area contributed by atoms with Gasteiger partial charge in [-0.1, -0.05) is 20.8 Å². The van der Waals surface area contributed by atoms with Gasteiger partial charge < -0.3 is 10.1 Å². The van der Waals surface area contributed by atoms with Gasteiger partial charge in [0.15, 0.2) is 6.61 Å². The number of amides is 1. The molecule has 21 heavy (non-hydrogen) atoms. The number of carbonyl (C=O) groups is 2. The predicted molar refractivity (Wildman–Crippen MR) is 80.8 cm³/mol. The highest BCUT2D eigenvalue weighted by Crippen LogP contribution is 2.26. The Morgan fingerprint density at radius 3 is 2.24 bits per heavy atom. The Hall–Kier alpha value is -1.91. The number of aromatic nitrogens is 1. The predicted octanol–water partition coefficient (Wildman–Crippen LogP) is 2.57. The minimum Gasteiger partial charge on any atom is -0.452 e. The monoisotopic (exact) mass is 292 g/mol. The zero-order valence-corrected chi connectivity index (χ0v) is 13.4. The van der Waals surface area contributed by atoms with Crippen LogP contribution in [0.2, 0.25) is 0 Å². The summed E-state index contributed by atoms with van der Waals surface area (Å²) in [7, 11) is 0. The van der Waals surface area contributed by atoms with Crippen molar-refractivity contribution in [3.63, 3.8) is 0 Å². The fourth-order valence-corrected chi connectivity index (χ4v) is 2.49. The molecule has 1 amide bonds. The number of hydrogen-bond donors (Lipinski definition) is 1. The van der Waals surface area contributed by atoms with Crippen molar-refractivity contribution in [2.75, 3.05) is 6.61 Å². The number of nitrogens with one attached hydrogen (secondary N) is 1. The van der Waals surface area contributed by atoms with E-state index < -0.39 is 5.97 Å². The van der Waals surface area contributed by atoms with Crippen LogP contribution in [0.1, 0.15) is 51.4 Å². The Kier molecular flexibility index (Phi) is 5.47. The van der Waals surface area contributed by atoms with Gasteiger partial charge in [-0.15, -0.1) is 0 Å². The first-order valence-corrected chi connectivity index (χ1v) is 6.97. The molecule has 0 aliphatic carbocycles. The van der Waals surface area contributed by atoms with E-state index >= 15 is 0 Å². The van der Waals surface area contributed by atoms with Gasteiger partial charge in [0, 0.05) is 17.9 Å². The van der Waals surface area contributed by atoms with E-state index in [9.17, 15) is 9.59 Å². The zero-order chi connectivity index (χ0) is 16.1. The van der Waals surface area contributed by atoms with Gasteiger partial charge in [0.05, 0.1) is 5.56 Å². The van der Waals surface area contributed by atoms with Crippen molar-refractivity contribution < 1.29 is 14.3 Å². The number of nitrogens with zero attached hydrogens (tertiary/aromatic N) is 1. The number of hydrogen-bond acceptors (Lipinski definition) is 4. The Morgan fingerprint density at radius 2 is 1.71 bits per heavy atom. The summed E-state index contributed by atoms with van der Waals surface area (Å²) in [4.78, 5) is 27.4. The molecule has 0 radical (unpaired) electrons. The first-order chi connectivity index (χ1) is 9.59. The van der Waals surface area contributed by atoms with Gasteiger partial charge in [0.25, 0.3) is 5.91 Å². The number of rotatable bonds is 5. The maximum atomic E-state index is 11.9. The van der Waals surface area contributed by atoms with Crippen LogP contribution in [-0.2, 0) is 9.53 Å². The molecule has 0 bridgehead atoms. The summed E-state index contributed by atoms with van der Waals surface area (Å²) in [5.41, 5.74) is 0.134. The molecule has 0 aliphatic heterocycles. The van der Waals surface area contributed by atoms with E-state index in [4.69, 9.17) is 4.74 Å². The van der Waals surface area contributed by atoms with Crippen LogP contribution in [0.25, 0.3) is 0 Å². The van der Waals surface area contributed by atoms with Crippen molar-refractivity contribution >= 4 is 11.9 Å². The normalized spacial score (nSPS) is 11.9. The molecule has 1 aromatic rings. The summed E-state index contributed by atoms with van der Waals surface area (Å²) in [5.74, 6) is -0.826. The highest BCUT2D eigenvalue weighted by Gasteiger charge is 2.27. The summed E-state index contributed by atoms with van der Waals surface area (Å²) in [5, 5.41) is 2.89. The topological polar surface area (TPSA) is 68.3 Å². The third kappa shape index (κ3) is 6.88. The Bertz CT molecular complexity index is 490. The molecular formula is C16H24N2O3. The summed E-state index contributed by atoms with van der Waals surface area (Å²) in [6.07, 6.45) is 3.83. The molecule has 116 valence electrons. The molecule has 1 aromatic heterocycles. The fourth-order valence-electron chi connectivity index (χ4n) is 2.49. The summed E-state index contributed by atoms with van der Waals surface area (Å²) >= 11 is 0. The molecular weight excluding hydrogens is 268 g/mol. The smallest absolute Gasteiger partial charge is 0.338 e. The van der Waals surface area contributed by atoms with E-state index in [1.807, 2.05) is 13.8 Å². The Morgan fingerprint density at radius 1 is 1.14 bits per heavy atom. The Balaban J connectivity index is 2.46. The maximum absolute atomic E-state index is 11.9. The van der Waals surface area contributed by atoms with Crippen LogP contribution in [0.5, 0.6) is 0 Å². The second-order valence-electron chi connectivity index (χ2n) is 6.98. The van der Waals surface area contributed by atoms with Crippen molar-refractivity contribution in [2.45, 2.75) is 46.6 Å². The van der Waals surface area contributed by atoms with Crippen LogP contribution in [0.15, 0.2) is 24.5 Å². The van der Waals surface area contributed by atoms with Crippen molar-refractivity contribution in [3.8, 4) is 0 Å².